The lowest BCUT2D eigenvalue weighted by atomic mass is 10.2. The average Bonchev–Trinajstić information content (AvgIpc) is 3.21. The maximum absolute atomic E-state index is 12.0. The molecule has 0 aliphatic carbocycles. The van der Waals surface area contributed by atoms with Gasteiger partial charge < -0.3 is 56.6 Å². The second-order valence-corrected chi connectivity index (χ2v) is 58.4. The number of unbranched alkanes of at least 4 members (excludes halogenated alkanes) is 1. The number of carbonyl (C=O) groups excluding carboxylic acids is 1. The Hall–Kier alpha value is 0.899. The number of rotatable bonds is 41. The highest BCUT2D eigenvalue weighted by molar-refractivity contribution is 6.85. The lowest BCUT2D eigenvalue weighted by Crippen LogP contribution is -2.56. The van der Waals surface area contributed by atoms with Crippen molar-refractivity contribution in [3.63, 3.8) is 0 Å². The molecule has 0 saturated heterocycles. The summed E-state index contributed by atoms with van der Waals surface area (Å²) in [5, 5.41) is 0. The Labute approximate surface area is 410 Å². The molecule has 0 aliphatic heterocycles. The fraction of sp³-hybridized carbons (Fsp3) is 0.927. The quantitative estimate of drug-likeness (QED) is 0.0248. The van der Waals surface area contributed by atoms with Crippen LogP contribution in [0.2, 0.25) is 139 Å². The van der Waals surface area contributed by atoms with E-state index in [4.69, 9.17) is 56.6 Å². The van der Waals surface area contributed by atoms with Crippen LogP contribution < -0.4 is 0 Å². The van der Waals surface area contributed by atoms with E-state index in [1.807, 2.05) is 6.92 Å². The number of ether oxygens (including phenoxy) is 1. The van der Waals surface area contributed by atoms with Crippen molar-refractivity contribution in [3.05, 3.63) is 12.2 Å². The molecule has 14 nitrogen and oxygen atoms in total. The topological polar surface area (TPSA) is 137 Å². The van der Waals surface area contributed by atoms with Crippen LogP contribution in [0.5, 0.6) is 0 Å². The summed E-state index contributed by atoms with van der Waals surface area (Å²) in [6.07, 6.45) is 4.52. The van der Waals surface area contributed by atoms with Crippen LogP contribution in [-0.4, -0.2) is 155 Å². The van der Waals surface area contributed by atoms with E-state index < -0.39 is 86.1 Å². The van der Waals surface area contributed by atoms with Crippen LogP contribution in [0.1, 0.15) is 46.0 Å². The van der Waals surface area contributed by atoms with E-state index in [2.05, 4.69) is 92.1 Å². The van der Waals surface area contributed by atoms with Crippen LogP contribution in [0, 0.1) is 0 Å². The molecule has 0 spiro atoms. The third-order valence-electron chi connectivity index (χ3n) is 11.9. The second kappa shape index (κ2) is 30.7. The first-order valence-corrected chi connectivity index (χ1v) is 50.2. The van der Waals surface area contributed by atoms with Crippen molar-refractivity contribution in [2.45, 2.75) is 185 Å². The smallest absolute Gasteiger partial charge is 0.462 e. The van der Waals surface area contributed by atoms with Crippen LogP contribution in [0.15, 0.2) is 12.2 Å². The van der Waals surface area contributed by atoms with Crippen molar-refractivity contribution in [3.8, 4) is 0 Å². The molecule has 0 fully saturated rings. The van der Waals surface area contributed by atoms with E-state index in [9.17, 15) is 4.79 Å². The molecule has 0 rings (SSSR count). The lowest BCUT2D eigenvalue weighted by Gasteiger charge is -2.39. The minimum absolute atomic E-state index is 0.267. The number of esters is 1. The van der Waals surface area contributed by atoms with Crippen LogP contribution >= 0.6 is 0 Å². The summed E-state index contributed by atoms with van der Waals surface area (Å²) in [6, 6.07) is 8.64. The van der Waals surface area contributed by atoms with Crippen LogP contribution in [0.4, 0.5) is 0 Å². The second-order valence-electron chi connectivity index (χ2n) is 21.0. The van der Waals surface area contributed by atoms with Crippen molar-refractivity contribution in [2.75, 3.05) is 62.5 Å². The van der Waals surface area contributed by atoms with Crippen molar-refractivity contribution in [1.82, 2.24) is 0 Å². The van der Waals surface area contributed by atoms with E-state index in [0.29, 0.717) is 43.9 Å². The molecule has 0 N–H and O–H groups in total. The zero-order valence-electron chi connectivity index (χ0n) is 45.4. The van der Waals surface area contributed by atoms with Gasteiger partial charge in [-0.05, 0) is 134 Å². The molecule has 0 aromatic rings. The van der Waals surface area contributed by atoms with E-state index in [0.717, 1.165) is 74.0 Å². The zero-order chi connectivity index (χ0) is 50.3. The average molecular weight is 1100 g/mol. The Balaban J connectivity index is 5.10. The third-order valence-corrected chi connectivity index (χ3v) is 45.6. The Morgan fingerprint density at radius 3 is 1.23 bits per heavy atom. The van der Waals surface area contributed by atoms with Gasteiger partial charge in [0, 0.05) is 79.6 Å². The minimum Gasteiger partial charge on any atom is -0.462 e. The Morgan fingerprint density at radius 2 is 0.815 bits per heavy atom. The highest BCUT2D eigenvalue weighted by Crippen LogP contribution is 2.33. The highest BCUT2D eigenvalue weighted by Gasteiger charge is 2.50. The Morgan fingerprint density at radius 1 is 0.446 bits per heavy atom. The first-order valence-electron chi connectivity index (χ1n) is 24.1. The summed E-state index contributed by atoms with van der Waals surface area (Å²) in [7, 11) is -11.5. The Kier molecular flexibility index (Phi) is 31.1. The Bertz CT molecular complexity index is 1330. The van der Waals surface area contributed by atoms with Gasteiger partial charge in [-0.3, -0.25) is 0 Å². The molecular formula is C41H100O14Si10. The molecule has 0 saturated carbocycles. The molecule has 65 heavy (non-hydrogen) atoms. The SMILES string of the molecule is C=C(CCC)C(=O)OCCCC[SiH2]O[Si](C)(C)CC[Si](OC)(OC)O[Si](C)(C)CCO[Si](C)(C)CCO[Si](C)(C)CC[Si](OC)(OC)O[Si](C)(C)CC[Si](OC)(OC)O[Si](C)(C)CCC. The molecular weight excluding hydrogens is 997 g/mol. The fourth-order valence-corrected chi connectivity index (χ4v) is 42.9. The van der Waals surface area contributed by atoms with Crippen LogP contribution in [0.25, 0.3) is 0 Å². The summed E-state index contributed by atoms with van der Waals surface area (Å²) in [4.78, 5) is 12.0. The lowest BCUT2D eigenvalue weighted by molar-refractivity contribution is -0.139. The summed E-state index contributed by atoms with van der Waals surface area (Å²) >= 11 is 0. The molecule has 24 heteroatoms. The molecule has 0 heterocycles. The van der Waals surface area contributed by atoms with Crippen LogP contribution in [-0.2, 0) is 61.4 Å². The molecule has 0 unspecified atom stereocenters. The molecule has 0 aliphatic rings. The predicted molar refractivity (Wildman–Crippen MR) is 292 cm³/mol. The van der Waals surface area contributed by atoms with Crippen molar-refractivity contribution in [2.24, 2.45) is 0 Å². The standard InChI is InChI=1S/C41H100O14Si10/c1-22-26-40(3)41(42)49-27-24-25-30-56-52-59(14,15)35-38-64(45-6,46-7)54-61(18,19)33-29-50-57(10,11)32-28-51-58(12,13)34-37-63(43-4,44-5)55-62(20,21)36-39-65(47-8,48-9)53-60(16,17)31-23-2/h3,22-39,56H2,1-2,4-21H3. The fourth-order valence-electron chi connectivity index (χ4n) is 7.41. The van der Waals surface area contributed by atoms with Gasteiger partial charge in [0.2, 0.25) is 0 Å². The van der Waals surface area contributed by atoms with Gasteiger partial charge in [-0.1, -0.05) is 39.7 Å². The summed E-state index contributed by atoms with van der Waals surface area (Å²) in [5.74, 6) is -0.267. The molecule has 0 radical (unpaired) electrons. The minimum atomic E-state index is -2.97. The van der Waals surface area contributed by atoms with E-state index in [1.54, 1.807) is 42.7 Å². The van der Waals surface area contributed by atoms with Gasteiger partial charge in [-0.15, -0.1) is 0 Å². The maximum Gasteiger partial charge on any atom is 0.489 e. The van der Waals surface area contributed by atoms with Gasteiger partial charge in [-0.2, -0.15) is 0 Å². The normalized spacial score (nSPS) is 14.2. The van der Waals surface area contributed by atoms with Gasteiger partial charge in [0.1, 0.15) is 9.76 Å². The largest absolute Gasteiger partial charge is 0.489 e. The summed E-state index contributed by atoms with van der Waals surface area (Å²) in [6.45, 7) is 36.9. The number of carbonyl (C=O) groups is 1. The van der Waals surface area contributed by atoms with Gasteiger partial charge >= 0.3 is 32.4 Å². The molecule has 0 amide bonds. The number of hydrogen-bond acceptors (Lipinski definition) is 14. The van der Waals surface area contributed by atoms with Gasteiger partial charge in [-0.25, -0.2) is 4.79 Å². The molecule has 0 bridgehead atoms. The maximum atomic E-state index is 12.0. The van der Waals surface area contributed by atoms with Gasteiger partial charge in [0.15, 0.2) is 49.9 Å². The zero-order valence-corrected chi connectivity index (χ0v) is 55.8. The molecule has 0 aromatic carbocycles. The monoisotopic (exact) mass is 1100 g/mol. The van der Waals surface area contributed by atoms with Crippen molar-refractivity contribution < 1.29 is 61.4 Å². The first-order chi connectivity index (χ1) is 29.9. The summed E-state index contributed by atoms with van der Waals surface area (Å²) < 4.78 is 82.3. The van der Waals surface area contributed by atoms with E-state index in [-0.39, 0.29) is 5.97 Å². The van der Waals surface area contributed by atoms with Gasteiger partial charge in [0.05, 0.1) is 6.61 Å². The van der Waals surface area contributed by atoms with Gasteiger partial charge in [0.25, 0.3) is 0 Å². The third kappa shape index (κ3) is 27.9. The van der Waals surface area contributed by atoms with Crippen LogP contribution in [0.3, 0.4) is 0 Å². The molecule has 388 valence electrons. The van der Waals surface area contributed by atoms with Crippen molar-refractivity contribution in [1.29, 1.82) is 0 Å². The van der Waals surface area contributed by atoms with E-state index in [1.165, 1.54) is 0 Å². The van der Waals surface area contributed by atoms with Crippen molar-refractivity contribution >= 4 is 92.1 Å². The van der Waals surface area contributed by atoms with E-state index >= 15 is 0 Å². The summed E-state index contributed by atoms with van der Waals surface area (Å²) in [5.41, 5.74) is 0.557. The highest BCUT2D eigenvalue weighted by atomic mass is 28.5. The number of hydrogen-bond donors (Lipinski definition) is 0. The molecule has 0 atom stereocenters. The predicted octanol–water partition coefficient (Wildman–Crippen LogP) is 10.6. The first kappa shape index (κ1) is 65.9. The molecule has 0 aromatic heterocycles.